The van der Waals surface area contributed by atoms with E-state index in [0.717, 1.165) is 0 Å². The van der Waals surface area contributed by atoms with Crippen LogP contribution < -0.4 is 5.32 Å². The first-order valence-electron chi connectivity index (χ1n) is 6.39. The molecule has 2 unspecified atom stereocenters. The number of rotatable bonds is 0. The van der Waals surface area contributed by atoms with E-state index in [1.807, 2.05) is 0 Å². The molecule has 0 aromatic heterocycles. The Labute approximate surface area is 100 Å². The lowest BCUT2D eigenvalue weighted by Gasteiger charge is -2.38. The average Bonchev–Trinajstić information content (AvgIpc) is 3.18. The van der Waals surface area contributed by atoms with Crippen LogP contribution in [0.3, 0.4) is 0 Å². The summed E-state index contributed by atoms with van der Waals surface area (Å²) in [6, 6.07) is 19.4. The van der Waals surface area contributed by atoms with Crippen molar-refractivity contribution in [2.24, 2.45) is 0 Å². The Morgan fingerprint density at radius 1 is 0.588 bits per heavy atom. The zero-order chi connectivity index (χ0) is 11.0. The van der Waals surface area contributed by atoms with Crippen LogP contribution in [0.2, 0.25) is 0 Å². The third-order valence-corrected chi connectivity index (χ3v) is 4.71. The molecule has 82 valence electrons. The van der Waals surface area contributed by atoms with Crippen LogP contribution in [0.1, 0.15) is 34.1 Å². The molecule has 0 spiro atoms. The van der Waals surface area contributed by atoms with Gasteiger partial charge in [-0.3, -0.25) is 0 Å². The SMILES string of the molecule is c1ccc2c(c1)C1c3ccccc3C2C2NC12. The first-order chi connectivity index (χ1) is 8.45. The maximum atomic E-state index is 3.69. The Morgan fingerprint density at radius 3 is 1.29 bits per heavy atom. The first-order valence-corrected chi connectivity index (χ1v) is 6.39. The van der Waals surface area contributed by atoms with E-state index in [0.29, 0.717) is 23.9 Å². The molecule has 1 heterocycles. The molecule has 0 saturated carbocycles. The maximum absolute atomic E-state index is 3.69. The van der Waals surface area contributed by atoms with Crippen LogP contribution in [0.4, 0.5) is 0 Å². The van der Waals surface area contributed by atoms with E-state index in [2.05, 4.69) is 53.8 Å². The first kappa shape index (κ1) is 8.48. The summed E-state index contributed by atoms with van der Waals surface area (Å²) in [6.07, 6.45) is 0. The Morgan fingerprint density at radius 2 is 0.941 bits per heavy atom. The number of hydrogen-bond acceptors (Lipinski definition) is 1. The maximum Gasteiger partial charge on any atom is 0.0343 e. The Bertz CT molecular complexity index is 529. The van der Waals surface area contributed by atoms with Crippen molar-refractivity contribution in [3.8, 4) is 0 Å². The Kier molecular flexibility index (Phi) is 1.31. The number of benzene rings is 2. The largest absolute Gasteiger partial charge is 0.306 e. The summed E-state index contributed by atoms with van der Waals surface area (Å²) in [7, 11) is 0. The molecule has 2 aromatic rings. The highest BCUT2D eigenvalue weighted by Crippen LogP contribution is 2.57. The van der Waals surface area contributed by atoms with Gasteiger partial charge in [-0.05, 0) is 22.3 Å². The molecule has 6 rings (SSSR count). The van der Waals surface area contributed by atoms with Gasteiger partial charge in [0, 0.05) is 23.9 Å². The predicted octanol–water partition coefficient (Wildman–Crippen LogP) is 2.62. The second kappa shape index (κ2) is 2.62. The van der Waals surface area contributed by atoms with Crippen molar-refractivity contribution in [1.29, 1.82) is 0 Å². The van der Waals surface area contributed by atoms with E-state index in [-0.39, 0.29) is 0 Å². The van der Waals surface area contributed by atoms with Crippen LogP contribution in [-0.4, -0.2) is 12.1 Å². The molecular weight excluding hydrogens is 206 g/mol. The zero-order valence-corrected chi connectivity index (χ0v) is 9.43. The lowest BCUT2D eigenvalue weighted by Crippen LogP contribution is -2.31. The van der Waals surface area contributed by atoms with Crippen LogP contribution >= 0.6 is 0 Å². The highest BCUT2D eigenvalue weighted by atomic mass is 15.2. The van der Waals surface area contributed by atoms with Gasteiger partial charge in [-0.25, -0.2) is 0 Å². The fourth-order valence-corrected chi connectivity index (χ4v) is 4.04. The third kappa shape index (κ3) is 0.872. The van der Waals surface area contributed by atoms with Crippen molar-refractivity contribution in [2.75, 3.05) is 0 Å². The lowest BCUT2D eigenvalue weighted by atomic mass is 9.64. The van der Waals surface area contributed by atoms with Crippen molar-refractivity contribution in [3.05, 3.63) is 70.8 Å². The van der Waals surface area contributed by atoms with Gasteiger partial charge < -0.3 is 5.32 Å². The highest BCUT2D eigenvalue weighted by Gasteiger charge is 2.57. The minimum absolute atomic E-state index is 0.595. The van der Waals surface area contributed by atoms with E-state index in [1.165, 1.54) is 0 Å². The van der Waals surface area contributed by atoms with Gasteiger partial charge >= 0.3 is 0 Å². The van der Waals surface area contributed by atoms with Crippen LogP contribution in [0, 0.1) is 0 Å². The summed E-state index contributed by atoms with van der Waals surface area (Å²) in [5.74, 6) is 1.19. The molecule has 1 saturated heterocycles. The standard InChI is InChI=1S/C16H13N/c1-2-6-10-9(5-1)13-11-7-3-4-8-12(11)14(10)16-15(13)17-16/h1-8,13-17H. The molecule has 1 aliphatic heterocycles. The normalized spacial score (nSPS) is 34.8. The third-order valence-electron chi connectivity index (χ3n) is 4.71. The molecule has 0 amide bonds. The van der Waals surface area contributed by atoms with Gasteiger partial charge in [-0.2, -0.15) is 0 Å². The summed E-state index contributed by atoms with van der Waals surface area (Å²) >= 11 is 0. The molecule has 3 aliphatic carbocycles. The van der Waals surface area contributed by atoms with Crippen molar-refractivity contribution >= 4 is 0 Å². The van der Waals surface area contributed by atoms with Gasteiger partial charge in [-0.1, -0.05) is 48.5 Å². The number of nitrogens with one attached hydrogen (secondary N) is 1. The quantitative estimate of drug-likeness (QED) is 0.676. The predicted molar refractivity (Wildman–Crippen MR) is 67.3 cm³/mol. The Balaban J connectivity index is 1.89. The average molecular weight is 219 g/mol. The molecule has 0 radical (unpaired) electrons. The van der Waals surface area contributed by atoms with Gasteiger partial charge in [-0.15, -0.1) is 0 Å². The van der Waals surface area contributed by atoms with E-state index in [4.69, 9.17) is 0 Å². The van der Waals surface area contributed by atoms with E-state index in [1.54, 1.807) is 22.3 Å². The smallest absolute Gasteiger partial charge is 0.0343 e. The van der Waals surface area contributed by atoms with Gasteiger partial charge in [0.1, 0.15) is 0 Å². The van der Waals surface area contributed by atoms with Crippen LogP contribution in [-0.2, 0) is 0 Å². The van der Waals surface area contributed by atoms with Crippen molar-refractivity contribution < 1.29 is 0 Å². The molecule has 2 atom stereocenters. The molecule has 1 nitrogen and oxygen atoms in total. The molecule has 2 aromatic carbocycles. The topological polar surface area (TPSA) is 21.9 Å². The van der Waals surface area contributed by atoms with Gasteiger partial charge in [0.15, 0.2) is 0 Å². The summed E-state index contributed by atoms with van der Waals surface area (Å²) in [5.41, 5.74) is 6.23. The van der Waals surface area contributed by atoms with Crippen LogP contribution in [0.25, 0.3) is 0 Å². The van der Waals surface area contributed by atoms with E-state index >= 15 is 0 Å². The van der Waals surface area contributed by atoms with Crippen molar-refractivity contribution in [2.45, 2.75) is 23.9 Å². The highest BCUT2D eigenvalue weighted by molar-refractivity contribution is 5.61. The zero-order valence-electron chi connectivity index (χ0n) is 9.43. The molecule has 1 heteroatoms. The number of hydrogen-bond donors (Lipinski definition) is 1. The van der Waals surface area contributed by atoms with E-state index < -0.39 is 0 Å². The molecule has 1 N–H and O–H groups in total. The van der Waals surface area contributed by atoms with Crippen molar-refractivity contribution in [3.63, 3.8) is 0 Å². The van der Waals surface area contributed by atoms with Gasteiger partial charge in [0.25, 0.3) is 0 Å². The minimum atomic E-state index is 0.595. The summed E-state index contributed by atoms with van der Waals surface area (Å²) in [5, 5.41) is 3.69. The monoisotopic (exact) mass is 219 g/mol. The molecule has 2 bridgehead atoms. The second-order valence-corrected chi connectivity index (χ2v) is 5.43. The summed E-state index contributed by atoms with van der Waals surface area (Å²) in [6.45, 7) is 0. The summed E-state index contributed by atoms with van der Waals surface area (Å²) < 4.78 is 0. The van der Waals surface area contributed by atoms with Crippen LogP contribution in [0.5, 0.6) is 0 Å². The van der Waals surface area contributed by atoms with Gasteiger partial charge in [0.2, 0.25) is 0 Å². The van der Waals surface area contributed by atoms with Crippen molar-refractivity contribution in [1.82, 2.24) is 5.32 Å². The molecule has 1 fully saturated rings. The minimum Gasteiger partial charge on any atom is -0.306 e. The lowest BCUT2D eigenvalue weighted by molar-refractivity contribution is 0.600. The fraction of sp³-hybridized carbons (Fsp3) is 0.250. The Hall–Kier alpha value is -1.60. The van der Waals surface area contributed by atoms with Crippen LogP contribution in [0.15, 0.2) is 48.5 Å². The second-order valence-electron chi connectivity index (χ2n) is 5.43. The fourth-order valence-electron chi connectivity index (χ4n) is 4.04. The molecular formula is C16H13N. The summed E-state index contributed by atoms with van der Waals surface area (Å²) in [4.78, 5) is 0. The van der Waals surface area contributed by atoms with E-state index in [9.17, 15) is 0 Å². The molecule has 4 aliphatic rings. The molecule has 17 heavy (non-hydrogen) atoms. The van der Waals surface area contributed by atoms with Gasteiger partial charge in [0.05, 0.1) is 0 Å².